The number of hydrogen-bond acceptors (Lipinski definition) is 7. The number of amides is 1. The number of nitrogens with zero attached hydrogens (tertiary/aromatic N) is 5. The van der Waals surface area contributed by atoms with Crippen LogP contribution in [-0.4, -0.2) is 61.6 Å². The minimum Gasteiger partial charge on any atom is -0.404 e. The van der Waals surface area contributed by atoms with E-state index < -0.39 is 0 Å². The molecule has 10 nitrogen and oxygen atoms in total. The van der Waals surface area contributed by atoms with Crippen LogP contribution in [0.1, 0.15) is 12.5 Å². The summed E-state index contributed by atoms with van der Waals surface area (Å²) in [4.78, 5) is 30.8. The number of anilines is 1. The number of aromatic nitrogens is 6. The summed E-state index contributed by atoms with van der Waals surface area (Å²) >= 11 is 0. The normalized spacial score (nSPS) is 13.0. The summed E-state index contributed by atoms with van der Waals surface area (Å²) in [6.45, 7) is 2.21. The third-order valence-electron chi connectivity index (χ3n) is 6.14. The number of aromatic amines is 2. The molecule has 5 aromatic rings. The van der Waals surface area contributed by atoms with Crippen molar-refractivity contribution >= 4 is 40.4 Å². The van der Waals surface area contributed by atoms with Gasteiger partial charge < -0.3 is 20.9 Å². The average Bonchev–Trinajstić information content (AvgIpc) is 3.55. The van der Waals surface area contributed by atoms with Crippen LogP contribution < -0.4 is 21.6 Å². The minimum atomic E-state index is -0.126. The van der Waals surface area contributed by atoms with Crippen LogP contribution in [0.4, 0.5) is 5.69 Å². The Bertz CT molecular complexity index is 1780. The summed E-state index contributed by atoms with van der Waals surface area (Å²) < 4.78 is 0. The summed E-state index contributed by atoms with van der Waals surface area (Å²) in [6, 6.07) is 11.7. The van der Waals surface area contributed by atoms with E-state index in [1.54, 1.807) is 29.7 Å². The SMILES string of the molecule is C\C=c1/[nH]nc(-c2cc3c(-c4ccccn4)ccnc3[nH]2)/c1=C/C(=C\N)c1cncc(NC(=O)CN(C)C)c1. The molecule has 5 aromatic heterocycles. The van der Waals surface area contributed by atoms with Crippen molar-refractivity contribution in [3.8, 4) is 22.6 Å². The van der Waals surface area contributed by atoms with Gasteiger partial charge in [0.2, 0.25) is 5.91 Å². The number of carbonyl (C=O) groups excluding carboxylic acids is 1. The molecule has 0 spiro atoms. The first-order valence-corrected chi connectivity index (χ1v) is 12.4. The molecule has 5 rings (SSSR count). The molecule has 1 amide bonds. The Balaban J connectivity index is 1.57. The molecule has 5 N–H and O–H groups in total. The van der Waals surface area contributed by atoms with E-state index in [1.165, 1.54) is 6.20 Å². The van der Waals surface area contributed by atoms with Crippen LogP contribution in [0.5, 0.6) is 0 Å². The monoisotopic (exact) mass is 519 g/mol. The molecular formula is C29H29N9O. The molecule has 0 aliphatic rings. The highest BCUT2D eigenvalue weighted by Crippen LogP contribution is 2.29. The summed E-state index contributed by atoms with van der Waals surface area (Å²) in [7, 11) is 3.68. The Kier molecular flexibility index (Phi) is 7.28. The number of fused-ring (bicyclic) bond motifs is 1. The molecule has 0 aliphatic heterocycles. The second kappa shape index (κ2) is 11.1. The molecular weight excluding hydrogens is 490 g/mol. The van der Waals surface area contributed by atoms with Crippen LogP contribution in [0.3, 0.4) is 0 Å². The molecule has 39 heavy (non-hydrogen) atoms. The lowest BCUT2D eigenvalue weighted by atomic mass is 10.1. The van der Waals surface area contributed by atoms with Crippen molar-refractivity contribution in [3.63, 3.8) is 0 Å². The van der Waals surface area contributed by atoms with E-state index in [-0.39, 0.29) is 12.5 Å². The van der Waals surface area contributed by atoms with Crippen LogP contribution >= 0.6 is 0 Å². The zero-order valence-electron chi connectivity index (χ0n) is 21.9. The van der Waals surface area contributed by atoms with E-state index in [2.05, 4.69) is 35.5 Å². The number of nitrogens with one attached hydrogen (secondary N) is 3. The summed E-state index contributed by atoms with van der Waals surface area (Å²) in [6.07, 6.45) is 12.3. The first-order valence-electron chi connectivity index (χ1n) is 12.4. The van der Waals surface area contributed by atoms with Crippen molar-refractivity contribution in [3.05, 3.63) is 83.5 Å². The van der Waals surface area contributed by atoms with Crippen LogP contribution in [0, 0.1) is 0 Å². The van der Waals surface area contributed by atoms with Gasteiger partial charge in [-0.1, -0.05) is 12.1 Å². The molecule has 0 atom stereocenters. The Morgan fingerprint density at radius 2 is 2.00 bits per heavy atom. The van der Waals surface area contributed by atoms with Gasteiger partial charge in [0.25, 0.3) is 0 Å². The highest BCUT2D eigenvalue weighted by molar-refractivity contribution is 5.96. The van der Waals surface area contributed by atoms with E-state index in [4.69, 9.17) is 5.73 Å². The van der Waals surface area contributed by atoms with E-state index in [0.29, 0.717) is 5.69 Å². The van der Waals surface area contributed by atoms with Crippen molar-refractivity contribution in [1.29, 1.82) is 0 Å². The topological polar surface area (TPSA) is 142 Å². The van der Waals surface area contributed by atoms with Gasteiger partial charge in [0.15, 0.2) is 0 Å². The predicted molar refractivity (Wildman–Crippen MR) is 154 cm³/mol. The number of carbonyl (C=O) groups is 1. The van der Waals surface area contributed by atoms with E-state index in [9.17, 15) is 4.79 Å². The van der Waals surface area contributed by atoms with Crippen LogP contribution in [0.2, 0.25) is 0 Å². The highest BCUT2D eigenvalue weighted by atomic mass is 16.2. The standard InChI is InChI=1S/C29H29N9O/c1-4-24-23(12-18(14-30)19-11-20(16-31-15-19)34-27(39)17-38(2)3)28(37-36-24)26-13-22-21(8-10-33-29(22)35-26)25-7-5-6-9-32-25/h4-16,36H,17,30H2,1-3H3,(H,33,35)(H,34,39)/b18-14+,23-12+,24-4-. The van der Waals surface area contributed by atoms with Crippen LogP contribution in [0.15, 0.2) is 67.4 Å². The summed E-state index contributed by atoms with van der Waals surface area (Å²) in [5.74, 6) is -0.126. The van der Waals surface area contributed by atoms with Gasteiger partial charge in [0.05, 0.1) is 35.2 Å². The van der Waals surface area contributed by atoms with Crippen molar-refractivity contribution < 1.29 is 4.79 Å². The fourth-order valence-electron chi connectivity index (χ4n) is 4.37. The molecule has 0 aromatic carbocycles. The van der Waals surface area contributed by atoms with Gasteiger partial charge in [-0.3, -0.25) is 19.9 Å². The van der Waals surface area contributed by atoms with Crippen LogP contribution in [0.25, 0.3) is 51.4 Å². The molecule has 0 unspecified atom stereocenters. The third-order valence-corrected chi connectivity index (χ3v) is 6.14. The number of pyridine rings is 3. The maximum absolute atomic E-state index is 12.2. The number of rotatable bonds is 7. The van der Waals surface area contributed by atoms with Gasteiger partial charge in [-0.15, -0.1) is 0 Å². The molecule has 10 heteroatoms. The summed E-state index contributed by atoms with van der Waals surface area (Å²) in [5.41, 5.74) is 12.3. The molecule has 0 saturated carbocycles. The first kappa shape index (κ1) is 25.6. The van der Waals surface area contributed by atoms with Crippen molar-refractivity contribution in [1.82, 2.24) is 35.0 Å². The van der Waals surface area contributed by atoms with Gasteiger partial charge in [0, 0.05) is 46.5 Å². The number of hydrogen-bond donors (Lipinski definition) is 4. The Morgan fingerprint density at radius 1 is 1.13 bits per heavy atom. The molecule has 196 valence electrons. The molecule has 0 fully saturated rings. The zero-order chi connectivity index (χ0) is 27.4. The van der Waals surface area contributed by atoms with Gasteiger partial charge >= 0.3 is 0 Å². The predicted octanol–water partition coefficient (Wildman–Crippen LogP) is 2.49. The number of H-pyrrole nitrogens is 2. The molecule has 0 radical (unpaired) electrons. The average molecular weight is 520 g/mol. The smallest absolute Gasteiger partial charge is 0.238 e. The first-order chi connectivity index (χ1) is 19.0. The van der Waals surface area contributed by atoms with E-state index in [1.807, 2.05) is 69.6 Å². The van der Waals surface area contributed by atoms with Crippen molar-refractivity contribution in [2.24, 2.45) is 5.73 Å². The third kappa shape index (κ3) is 5.46. The lowest BCUT2D eigenvalue weighted by Crippen LogP contribution is -2.27. The van der Waals surface area contributed by atoms with Crippen molar-refractivity contribution in [2.75, 3.05) is 26.0 Å². The van der Waals surface area contributed by atoms with E-state index in [0.717, 1.165) is 55.4 Å². The number of likely N-dealkylation sites (N-methyl/N-ethyl adjacent to an activating group) is 1. The lowest BCUT2D eigenvalue weighted by molar-refractivity contribution is -0.116. The van der Waals surface area contributed by atoms with Crippen LogP contribution in [-0.2, 0) is 4.79 Å². The molecule has 0 saturated heterocycles. The maximum atomic E-state index is 12.2. The fraction of sp³-hybridized carbons (Fsp3) is 0.138. The molecule has 0 bridgehead atoms. The molecule has 0 aliphatic carbocycles. The fourth-order valence-corrected chi connectivity index (χ4v) is 4.37. The highest BCUT2D eigenvalue weighted by Gasteiger charge is 2.14. The van der Waals surface area contributed by atoms with Gasteiger partial charge in [-0.2, -0.15) is 5.10 Å². The van der Waals surface area contributed by atoms with Gasteiger partial charge in [0.1, 0.15) is 11.3 Å². The number of allylic oxidation sites excluding steroid dienone is 1. The second-order valence-corrected chi connectivity index (χ2v) is 9.22. The Morgan fingerprint density at radius 3 is 2.74 bits per heavy atom. The summed E-state index contributed by atoms with van der Waals surface area (Å²) in [5, 5.41) is 13.2. The van der Waals surface area contributed by atoms with E-state index >= 15 is 0 Å². The quantitative estimate of drug-likeness (QED) is 0.259. The second-order valence-electron chi connectivity index (χ2n) is 9.22. The zero-order valence-corrected chi connectivity index (χ0v) is 21.9. The van der Waals surface area contributed by atoms with Gasteiger partial charge in [-0.05, 0) is 63.0 Å². The largest absolute Gasteiger partial charge is 0.404 e. The molecule has 5 heterocycles. The Hall–Kier alpha value is -5.09. The minimum absolute atomic E-state index is 0.126. The van der Waals surface area contributed by atoms with Gasteiger partial charge in [-0.25, -0.2) is 4.98 Å². The van der Waals surface area contributed by atoms with Crippen molar-refractivity contribution in [2.45, 2.75) is 6.92 Å². The maximum Gasteiger partial charge on any atom is 0.238 e. The lowest BCUT2D eigenvalue weighted by Gasteiger charge is -2.11. The Labute approximate surface area is 225 Å². The number of nitrogens with two attached hydrogens (primary N) is 1.